The molecular weight excluding hydrogens is 259 g/mol. The third-order valence-electron chi connectivity index (χ3n) is 3.43. The molecule has 2 unspecified atom stereocenters. The molecule has 2 atom stereocenters. The van der Waals surface area contributed by atoms with Crippen LogP contribution in [0.4, 0.5) is 13.2 Å². The molecule has 1 aliphatic rings. The smallest absolute Gasteiger partial charge is 0.339 e. The zero-order chi connectivity index (χ0) is 13.9. The average molecular weight is 277 g/mol. The third kappa shape index (κ3) is 3.46. The van der Waals surface area contributed by atoms with Crippen LogP contribution in [0, 0.1) is 0 Å². The lowest BCUT2D eigenvalue weighted by atomic mass is 9.84. The van der Waals surface area contributed by atoms with Crippen LogP contribution in [0.15, 0.2) is 4.52 Å². The van der Waals surface area contributed by atoms with E-state index >= 15 is 0 Å². The zero-order valence-corrected chi connectivity index (χ0v) is 10.8. The molecule has 0 amide bonds. The van der Waals surface area contributed by atoms with Gasteiger partial charge in [0.2, 0.25) is 5.89 Å². The lowest BCUT2D eigenvalue weighted by Gasteiger charge is -2.29. The molecule has 1 aromatic rings. The van der Waals surface area contributed by atoms with Gasteiger partial charge in [-0.1, -0.05) is 24.9 Å². The molecule has 0 radical (unpaired) electrons. The molecule has 108 valence electrons. The second-order valence-corrected chi connectivity index (χ2v) is 4.91. The van der Waals surface area contributed by atoms with E-state index in [1.54, 1.807) is 0 Å². The topological polar surface area (TPSA) is 51.0 Å². The number of rotatable bonds is 4. The van der Waals surface area contributed by atoms with Gasteiger partial charge in [-0.2, -0.15) is 18.2 Å². The summed E-state index contributed by atoms with van der Waals surface area (Å²) in [7, 11) is 0. The van der Waals surface area contributed by atoms with Gasteiger partial charge in [-0.05, 0) is 25.8 Å². The summed E-state index contributed by atoms with van der Waals surface area (Å²) in [6, 6.07) is 0.134. The number of alkyl halides is 3. The summed E-state index contributed by atoms with van der Waals surface area (Å²) in [6.45, 7) is 2.90. The molecule has 0 saturated heterocycles. The maximum absolute atomic E-state index is 12.5. The summed E-state index contributed by atoms with van der Waals surface area (Å²) >= 11 is 0. The largest absolute Gasteiger partial charge is 0.455 e. The first-order valence-electron chi connectivity index (χ1n) is 6.66. The van der Waals surface area contributed by atoms with Gasteiger partial charge in [0.1, 0.15) is 0 Å². The number of halogens is 3. The lowest BCUT2D eigenvalue weighted by molar-refractivity contribution is -0.146. The van der Waals surface area contributed by atoms with Gasteiger partial charge in [0.05, 0.1) is 5.92 Å². The monoisotopic (exact) mass is 277 g/mol. The summed E-state index contributed by atoms with van der Waals surface area (Å²) in [4.78, 5) is 3.52. The fourth-order valence-electron chi connectivity index (χ4n) is 2.50. The van der Waals surface area contributed by atoms with Crippen LogP contribution in [-0.2, 0) is 6.18 Å². The van der Waals surface area contributed by atoms with Gasteiger partial charge in [0.15, 0.2) is 0 Å². The molecule has 2 rings (SSSR count). The van der Waals surface area contributed by atoms with Crippen LogP contribution in [-0.4, -0.2) is 22.7 Å². The Hall–Kier alpha value is -1.11. The molecule has 1 aromatic heterocycles. The SMILES string of the molecule is CCCNC1CCCCC1c1nc(C(F)(F)F)no1. The Morgan fingerprint density at radius 3 is 2.68 bits per heavy atom. The number of aromatic nitrogens is 2. The Kier molecular flexibility index (Phi) is 4.44. The standard InChI is InChI=1S/C12H18F3N3O/c1-2-7-16-9-6-4-3-5-8(9)10-17-11(18-19-10)12(13,14)15/h8-9,16H,2-7H2,1H3. The minimum absolute atomic E-state index is 0.108. The van der Waals surface area contributed by atoms with Gasteiger partial charge < -0.3 is 9.84 Å². The second kappa shape index (κ2) is 5.90. The minimum Gasteiger partial charge on any atom is -0.339 e. The third-order valence-corrected chi connectivity index (χ3v) is 3.43. The molecule has 0 aliphatic heterocycles. The van der Waals surface area contributed by atoms with Crippen molar-refractivity contribution < 1.29 is 17.7 Å². The van der Waals surface area contributed by atoms with Crippen molar-refractivity contribution in [2.45, 2.75) is 57.2 Å². The predicted molar refractivity (Wildman–Crippen MR) is 62.6 cm³/mol. The Labute approximate surface area is 109 Å². The molecular formula is C12H18F3N3O. The summed E-state index contributed by atoms with van der Waals surface area (Å²) < 4.78 is 42.2. The van der Waals surface area contributed by atoms with E-state index in [1.165, 1.54) is 0 Å². The van der Waals surface area contributed by atoms with E-state index < -0.39 is 12.0 Å². The average Bonchev–Trinajstić information content (AvgIpc) is 2.86. The van der Waals surface area contributed by atoms with Crippen LogP contribution in [0.3, 0.4) is 0 Å². The highest BCUT2D eigenvalue weighted by Crippen LogP contribution is 2.34. The molecule has 1 aliphatic carbocycles. The van der Waals surface area contributed by atoms with Crippen molar-refractivity contribution in [2.75, 3.05) is 6.54 Å². The van der Waals surface area contributed by atoms with Crippen LogP contribution in [0.25, 0.3) is 0 Å². The first-order valence-corrected chi connectivity index (χ1v) is 6.66. The van der Waals surface area contributed by atoms with Crippen LogP contribution < -0.4 is 5.32 Å². The Morgan fingerprint density at radius 1 is 1.32 bits per heavy atom. The summed E-state index contributed by atoms with van der Waals surface area (Å²) in [5.74, 6) is -1.17. The molecule has 7 heteroatoms. The second-order valence-electron chi connectivity index (χ2n) is 4.91. The normalized spacial score (nSPS) is 24.6. The lowest BCUT2D eigenvalue weighted by Crippen LogP contribution is -2.37. The van der Waals surface area contributed by atoms with Crippen molar-refractivity contribution in [1.82, 2.24) is 15.5 Å². The van der Waals surface area contributed by atoms with Crippen LogP contribution in [0.2, 0.25) is 0 Å². The maximum Gasteiger partial charge on any atom is 0.455 e. The first kappa shape index (κ1) is 14.3. The van der Waals surface area contributed by atoms with Crippen molar-refractivity contribution >= 4 is 0 Å². The minimum atomic E-state index is -4.54. The van der Waals surface area contributed by atoms with E-state index in [-0.39, 0.29) is 17.9 Å². The van der Waals surface area contributed by atoms with Gasteiger partial charge in [0.25, 0.3) is 5.82 Å². The number of hydrogen-bond donors (Lipinski definition) is 1. The molecule has 1 fully saturated rings. The van der Waals surface area contributed by atoms with E-state index in [0.717, 1.165) is 38.6 Å². The fraction of sp³-hybridized carbons (Fsp3) is 0.833. The summed E-state index contributed by atoms with van der Waals surface area (Å²) in [5, 5.41) is 6.40. The first-order chi connectivity index (χ1) is 9.02. The van der Waals surface area contributed by atoms with Crippen LogP contribution >= 0.6 is 0 Å². The van der Waals surface area contributed by atoms with E-state index in [0.29, 0.717) is 0 Å². The molecule has 0 spiro atoms. The number of nitrogens with zero attached hydrogens (tertiary/aromatic N) is 2. The fourth-order valence-corrected chi connectivity index (χ4v) is 2.50. The molecule has 19 heavy (non-hydrogen) atoms. The highest BCUT2D eigenvalue weighted by Gasteiger charge is 2.39. The summed E-state index contributed by atoms with van der Waals surface area (Å²) in [5.41, 5.74) is 0. The van der Waals surface area contributed by atoms with E-state index in [9.17, 15) is 13.2 Å². The van der Waals surface area contributed by atoms with Crippen molar-refractivity contribution in [2.24, 2.45) is 0 Å². The van der Waals surface area contributed by atoms with Gasteiger partial charge >= 0.3 is 6.18 Å². The van der Waals surface area contributed by atoms with Gasteiger partial charge in [-0.3, -0.25) is 0 Å². The van der Waals surface area contributed by atoms with Gasteiger partial charge in [-0.25, -0.2) is 0 Å². The van der Waals surface area contributed by atoms with Gasteiger partial charge in [0, 0.05) is 6.04 Å². The summed E-state index contributed by atoms with van der Waals surface area (Å²) in [6.07, 6.45) is 0.246. The maximum atomic E-state index is 12.5. The van der Waals surface area contributed by atoms with Crippen molar-refractivity contribution in [3.8, 4) is 0 Å². The van der Waals surface area contributed by atoms with Gasteiger partial charge in [-0.15, -0.1) is 0 Å². The molecule has 1 N–H and O–H groups in total. The Bertz CT molecular complexity index is 405. The zero-order valence-electron chi connectivity index (χ0n) is 10.8. The Balaban J connectivity index is 2.11. The highest BCUT2D eigenvalue weighted by molar-refractivity contribution is 5.02. The quantitative estimate of drug-likeness (QED) is 0.918. The molecule has 1 saturated carbocycles. The van der Waals surface area contributed by atoms with E-state index in [1.807, 2.05) is 0 Å². The molecule has 0 aromatic carbocycles. The van der Waals surface area contributed by atoms with Crippen molar-refractivity contribution in [1.29, 1.82) is 0 Å². The molecule has 0 bridgehead atoms. The van der Waals surface area contributed by atoms with Crippen LogP contribution in [0.1, 0.15) is 56.7 Å². The van der Waals surface area contributed by atoms with E-state index in [2.05, 4.69) is 22.4 Å². The molecule has 1 heterocycles. The van der Waals surface area contributed by atoms with Crippen LogP contribution in [0.5, 0.6) is 0 Å². The number of nitrogens with one attached hydrogen (secondary N) is 1. The molecule has 4 nitrogen and oxygen atoms in total. The van der Waals surface area contributed by atoms with Crippen molar-refractivity contribution in [3.05, 3.63) is 11.7 Å². The highest BCUT2D eigenvalue weighted by atomic mass is 19.4. The van der Waals surface area contributed by atoms with Crippen molar-refractivity contribution in [3.63, 3.8) is 0 Å². The Morgan fingerprint density at radius 2 is 2.05 bits per heavy atom. The number of hydrogen-bond acceptors (Lipinski definition) is 4. The predicted octanol–water partition coefficient (Wildman–Crippen LogP) is 3.11. The van der Waals surface area contributed by atoms with E-state index in [4.69, 9.17) is 4.52 Å².